The fourth-order valence-electron chi connectivity index (χ4n) is 1.95. The van der Waals surface area contributed by atoms with Crippen molar-refractivity contribution in [3.05, 3.63) is 17.0 Å². The molecule has 1 N–H and O–H groups in total. The monoisotopic (exact) mass is 219 g/mol. The number of nitrogens with one attached hydrogen (secondary N) is 1. The van der Waals surface area contributed by atoms with Gasteiger partial charge in [-0.1, -0.05) is 0 Å². The molecule has 3 nitrogen and oxygen atoms in total. The molecule has 0 bridgehead atoms. The van der Waals surface area contributed by atoms with Crippen molar-refractivity contribution in [3.63, 3.8) is 0 Å². The highest BCUT2D eigenvalue weighted by Gasteiger charge is 2.38. The van der Waals surface area contributed by atoms with Crippen LogP contribution in [0.3, 0.4) is 0 Å². The lowest BCUT2D eigenvalue weighted by Crippen LogP contribution is -2.18. The average molecular weight is 219 g/mol. The maximum Gasteiger partial charge on any atom is 0.435 e. The van der Waals surface area contributed by atoms with Crippen molar-refractivity contribution in [2.75, 3.05) is 13.1 Å². The Morgan fingerprint density at radius 3 is 2.60 bits per heavy atom. The summed E-state index contributed by atoms with van der Waals surface area (Å²) in [5, 5.41) is 6.65. The second-order valence-corrected chi connectivity index (χ2v) is 3.65. The van der Waals surface area contributed by atoms with Crippen molar-refractivity contribution in [2.45, 2.75) is 19.0 Å². The van der Waals surface area contributed by atoms with E-state index in [1.807, 2.05) is 0 Å². The molecule has 0 aliphatic carbocycles. The zero-order chi connectivity index (χ0) is 11.1. The Kier molecular flexibility index (Phi) is 2.46. The molecular weight excluding hydrogens is 207 g/mol. The summed E-state index contributed by atoms with van der Waals surface area (Å²) >= 11 is 0. The summed E-state index contributed by atoms with van der Waals surface area (Å²) in [4.78, 5) is 0. The third-order valence-electron chi connectivity index (χ3n) is 2.63. The molecule has 1 aromatic rings. The molecule has 0 fully saturated rings. The molecule has 1 aliphatic rings. The number of alkyl halides is 3. The van der Waals surface area contributed by atoms with Crippen LogP contribution in [0.15, 0.2) is 0 Å². The van der Waals surface area contributed by atoms with Crippen LogP contribution in [-0.2, 0) is 26.1 Å². The van der Waals surface area contributed by atoms with Crippen LogP contribution in [0.4, 0.5) is 13.2 Å². The van der Waals surface area contributed by atoms with E-state index in [9.17, 15) is 13.2 Å². The Morgan fingerprint density at radius 1 is 1.27 bits per heavy atom. The molecule has 2 heterocycles. The molecule has 0 radical (unpaired) electrons. The van der Waals surface area contributed by atoms with Crippen molar-refractivity contribution < 1.29 is 13.2 Å². The van der Waals surface area contributed by atoms with Gasteiger partial charge in [0.05, 0.1) is 0 Å². The lowest BCUT2D eigenvalue weighted by Gasteiger charge is -2.05. The summed E-state index contributed by atoms with van der Waals surface area (Å²) in [5.74, 6) is 0. The second-order valence-electron chi connectivity index (χ2n) is 3.65. The number of hydrogen-bond donors (Lipinski definition) is 1. The average Bonchev–Trinajstić information content (AvgIpc) is 2.37. The maximum atomic E-state index is 12.6. The summed E-state index contributed by atoms with van der Waals surface area (Å²) in [6.45, 7) is 1.30. The van der Waals surface area contributed by atoms with Crippen LogP contribution in [0, 0.1) is 0 Å². The molecule has 6 heteroatoms. The topological polar surface area (TPSA) is 29.9 Å². The summed E-state index contributed by atoms with van der Waals surface area (Å²) in [6.07, 6.45) is -3.33. The van der Waals surface area contributed by atoms with Crippen molar-refractivity contribution in [2.24, 2.45) is 7.05 Å². The van der Waals surface area contributed by atoms with Crippen LogP contribution in [0.2, 0.25) is 0 Å². The van der Waals surface area contributed by atoms with Gasteiger partial charge in [-0.05, 0) is 13.0 Å². The van der Waals surface area contributed by atoms with Crippen molar-refractivity contribution in [1.29, 1.82) is 0 Å². The Labute approximate surface area is 85.3 Å². The summed E-state index contributed by atoms with van der Waals surface area (Å²) in [5.41, 5.74) is 0.339. The Hall–Kier alpha value is -1.04. The first-order valence-corrected chi connectivity index (χ1v) is 4.83. The molecule has 0 atom stereocenters. The molecule has 0 spiro atoms. The van der Waals surface area contributed by atoms with Gasteiger partial charge in [-0.25, -0.2) is 0 Å². The van der Waals surface area contributed by atoms with Crippen LogP contribution in [0.1, 0.15) is 17.0 Å². The number of fused-ring (bicyclic) bond motifs is 1. The van der Waals surface area contributed by atoms with Gasteiger partial charge < -0.3 is 5.32 Å². The molecule has 0 saturated heterocycles. The van der Waals surface area contributed by atoms with Crippen LogP contribution < -0.4 is 5.32 Å². The van der Waals surface area contributed by atoms with Gasteiger partial charge in [0.2, 0.25) is 0 Å². The summed E-state index contributed by atoms with van der Waals surface area (Å²) in [7, 11) is 1.57. The van der Waals surface area contributed by atoms with Crippen LogP contribution in [-0.4, -0.2) is 22.9 Å². The van der Waals surface area contributed by atoms with Crippen molar-refractivity contribution >= 4 is 0 Å². The van der Waals surface area contributed by atoms with Gasteiger partial charge in [-0.3, -0.25) is 4.68 Å². The zero-order valence-electron chi connectivity index (χ0n) is 8.36. The SMILES string of the molecule is Cn1nc(C(F)(F)F)c2c1CCNCC2. The molecule has 0 saturated carbocycles. The number of rotatable bonds is 0. The molecule has 2 rings (SSSR count). The number of halogens is 3. The third-order valence-corrected chi connectivity index (χ3v) is 2.63. The molecule has 0 aromatic carbocycles. The Morgan fingerprint density at radius 2 is 1.93 bits per heavy atom. The first-order chi connectivity index (χ1) is 7.00. The van der Waals surface area contributed by atoms with Gasteiger partial charge in [-0.2, -0.15) is 18.3 Å². The molecule has 0 amide bonds. The van der Waals surface area contributed by atoms with Crippen LogP contribution >= 0.6 is 0 Å². The number of aromatic nitrogens is 2. The van der Waals surface area contributed by atoms with Crippen LogP contribution in [0.5, 0.6) is 0 Å². The van der Waals surface area contributed by atoms with E-state index in [0.717, 1.165) is 0 Å². The van der Waals surface area contributed by atoms with E-state index in [4.69, 9.17) is 0 Å². The minimum atomic E-state index is -4.34. The van der Waals surface area contributed by atoms with E-state index in [-0.39, 0.29) is 0 Å². The maximum absolute atomic E-state index is 12.6. The van der Waals surface area contributed by atoms with Gasteiger partial charge in [0.25, 0.3) is 0 Å². The van der Waals surface area contributed by atoms with Gasteiger partial charge in [0.15, 0.2) is 5.69 Å². The highest BCUT2D eigenvalue weighted by atomic mass is 19.4. The minimum absolute atomic E-state index is 0.356. The van der Waals surface area contributed by atoms with Gasteiger partial charge in [0.1, 0.15) is 0 Å². The highest BCUT2D eigenvalue weighted by molar-refractivity contribution is 5.30. The largest absolute Gasteiger partial charge is 0.435 e. The molecule has 84 valence electrons. The fraction of sp³-hybridized carbons (Fsp3) is 0.667. The van der Waals surface area contributed by atoms with Crippen molar-refractivity contribution in [3.8, 4) is 0 Å². The smallest absolute Gasteiger partial charge is 0.316 e. The molecule has 15 heavy (non-hydrogen) atoms. The Bertz CT molecular complexity index is 367. The van der Waals surface area contributed by atoms with Gasteiger partial charge in [-0.15, -0.1) is 0 Å². The normalized spacial score (nSPS) is 17.3. The van der Waals surface area contributed by atoms with E-state index < -0.39 is 11.9 Å². The molecule has 0 unspecified atom stereocenters. The zero-order valence-corrected chi connectivity index (χ0v) is 8.36. The fourth-order valence-corrected chi connectivity index (χ4v) is 1.95. The molecular formula is C9H12F3N3. The van der Waals surface area contributed by atoms with E-state index >= 15 is 0 Å². The predicted octanol–water partition coefficient (Wildman–Crippen LogP) is 1.13. The molecule has 1 aromatic heterocycles. The lowest BCUT2D eigenvalue weighted by atomic mass is 10.1. The number of hydrogen-bond acceptors (Lipinski definition) is 2. The van der Waals surface area contributed by atoms with E-state index in [1.165, 1.54) is 4.68 Å². The lowest BCUT2D eigenvalue weighted by molar-refractivity contribution is -0.142. The first-order valence-electron chi connectivity index (χ1n) is 4.83. The standard InChI is InChI=1S/C9H12F3N3/c1-15-7-3-5-13-4-2-6(7)8(14-15)9(10,11)12/h13H,2-5H2,1H3. The third kappa shape index (κ3) is 1.86. The van der Waals surface area contributed by atoms with Crippen LogP contribution in [0.25, 0.3) is 0 Å². The van der Waals surface area contributed by atoms with E-state index in [0.29, 0.717) is 37.2 Å². The van der Waals surface area contributed by atoms with E-state index in [2.05, 4.69) is 10.4 Å². The van der Waals surface area contributed by atoms with E-state index in [1.54, 1.807) is 7.05 Å². The van der Waals surface area contributed by atoms with Gasteiger partial charge >= 0.3 is 6.18 Å². The number of aryl methyl sites for hydroxylation is 1. The van der Waals surface area contributed by atoms with Gasteiger partial charge in [0, 0.05) is 31.3 Å². The predicted molar refractivity (Wildman–Crippen MR) is 48.5 cm³/mol. The quantitative estimate of drug-likeness (QED) is 0.708. The van der Waals surface area contributed by atoms with Crippen molar-refractivity contribution in [1.82, 2.24) is 15.1 Å². The summed E-state index contributed by atoms with van der Waals surface area (Å²) < 4.78 is 39.2. The molecule has 1 aliphatic heterocycles. The number of nitrogens with zero attached hydrogens (tertiary/aromatic N) is 2. The minimum Gasteiger partial charge on any atom is -0.316 e. The Balaban J connectivity index is 2.49. The highest BCUT2D eigenvalue weighted by Crippen LogP contribution is 2.33. The second kappa shape index (κ2) is 3.52. The summed E-state index contributed by atoms with van der Waals surface area (Å²) in [6, 6.07) is 0. The first kappa shape index (κ1) is 10.5.